The summed E-state index contributed by atoms with van der Waals surface area (Å²) in [4.78, 5) is 20.3. The molecule has 1 aliphatic heterocycles. The molecule has 6 nitrogen and oxygen atoms in total. The van der Waals surface area contributed by atoms with Crippen molar-refractivity contribution in [1.82, 2.24) is 14.9 Å². The zero-order chi connectivity index (χ0) is 15.4. The Kier molecular flexibility index (Phi) is 5.61. The quantitative estimate of drug-likeness (QED) is 0.712. The second-order valence-electron chi connectivity index (χ2n) is 5.68. The molecule has 0 aromatic carbocycles. The topological polar surface area (TPSA) is 89.5 Å². The fourth-order valence-corrected chi connectivity index (χ4v) is 2.94. The monoisotopic (exact) mass is 315 g/mol. The molecule has 2 rings (SSSR count). The van der Waals surface area contributed by atoms with Gasteiger partial charge in [0.05, 0.1) is 18.2 Å². The smallest absolute Gasteiger partial charge is 0.303 e. The van der Waals surface area contributed by atoms with Crippen LogP contribution in [-0.4, -0.2) is 50.2 Å². The number of aromatic amines is 1. The predicted molar refractivity (Wildman–Crippen MR) is 79.2 cm³/mol. The number of halogens is 1. The number of likely N-dealkylation sites (tertiary alicyclic amines) is 1. The van der Waals surface area contributed by atoms with E-state index >= 15 is 0 Å². The summed E-state index contributed by atoms with van der Waals surface area (Å²) in [6.45, 7) is 3.72. The number of hydrogen-bond acceptors (Lipinski definition) is 4. The highest BCUT2D eigenvalue weighted by atomic mass is 35.5. The molecule has 0 unspecified atom stereocenters. The summed E-state index contributed by atoms with van der Waals surface area (Å²) in [6.07, 6.45) is 2.44. The highest BCUT2D eigenvalue weighted by molar-refractivity contribution is 6.30. The number of aliphatic carboxylic acids is 1. The van der Waals surface area contributed by atoms with Crippen LogP contribution in [0.1, 0.15) is 37.7 Å². The third kappa shape index (κ3) is 4.43. The summed E-state index contributed by atoms with van der Waals surface area (Å²) in [5.74, 6) is -0.204. The number of nitrogens with zero attached hydrogens (tertiary/aromatic N) is 2. The number of rotatable bonds is 7. The Morgan fingerprint density at radius 3 is 2.95 bits per heavy atom. The molecule has 0 spiro atoms. The van der Waals surface area contributed by atoms with Crippen molar-refractivity contribution in [2.45, 2.75) is 45.3 Å². The van der Waals surface area contributed by atoms with E-state index in [4.69, 9.17) is 16.7 Å². The number of aromatic nitrogens is 2. The Morgan fingerprint density at radius 2 is 2.29 bits per heavy atom. The lowest BCUT2D eigenvalue weighted by atomic mass is 10.0. The summed E-state index contributed by atoms with van der Waals surface area (Å²) in [6, 6.07) is 0. The molecule has 0 bridgehead atoms. The SMILES string of the molecule is CCCCc1nc(Cl)c(CN2C[C@@H](CC(=O)O)[C@H](O)C2)[nH]1. The average molecular weight is 316 g/mol. The van der Waals surface area contributed by atoms with Gasteiger partial charge in [0.1, 0.15) is 5.82 Å². The first-order chi connectivity index (χ1) is 9.99. The van der Waals surface area contributed by atoms with Crippen molar-refractivity contribution in [3.8, 4) is 0 Å². The molecule has 1 aromatic heterocycles. The van der Waals surface area contributed by atoms with Crippen LogP contribution in [0.2, 0.25) is 5.15 Å². The molecule has 1 aromatic rings. The lowest BCUT2D eigenvalue weighted by Crippen LogP contribution is -2.21. The first-order valence-electron chi connectivity index (χ1n) is 7.35. The summed E-state index contributed by atoms with van der Waals surface area (Å²) in [5.41, 5.74) is 0.839. The van der Waals surface area contributed by atoms with Gasteiger partial charge in [-0.15, -0.1) is 0 Å². The van der Waals surface area contributed by atoms with Gasteiger partial charge in [0.15, 0.2) is 5.15 Å². The third-order valence-corrected chi connectivity index (χ3v) is 4.16. The first kappa shape index (κ1) is 16.3. The molecule has 2 heterocycles. The van der Waals surface area contributed by atoms with Crippen molar-refractivity contribution in [1.29, 1.82) is 0 Å². The van der Waals surface area contributed by atoms with Crippen LogP contribution in [0.15, 0.2) is 0 Å². The number of aliphatic hydroxyl groups excluding tert-OH is 1. The fourth-order valence-electron chi connectivity index (χ4n) is 2.73. The number of aliphatic hydroxyl groups is 1. The molecular formula is C14H22ClN3O3. The van der Waals surface area contributed by atoms with Crippen molar-refractivity contribution in [3.63, 3.8) is 0 Å². The van der Waals surface area contributed by atoms with Gasteiger partial charge < -0.3 is 15.2 Å². The molecule has 1 saturated heterocycles. The summed E-state index contributed by atoms with van der Waals surface area (Å²) < 4.78 is 0. The molecule has 21 heavy (non-hydrogen) atoms. The van der Waals surface area contributed by atoms with Crippen LogP contribution in [-0.2, 0) is 17.8 Å². The summed E-state index contributed by atoms with van der Waals surface area (Å²) in [7, 11) is 0. The predicted octanol–water partition coefficient (Wildman–Crippen LogP) is 1.67. The van der Waals surface area contributed by atoms with Crippen LogP contribution in [0.5, 0.6) is 0 Å². The van der Waals surface area contributed by atoms with Gasteiger partial charge in [-0.1, -0.05) is 24.9 Å². The number of H-pyrrole nitrogens is 1. The molecule has 1 aliphatic rings. The minimum atomic E-state index is -0.873. The number of nitrogens with one attached hydrogen (secondary N) is 1. The molecule has 2 atom stereocenters. The number of unbranched alkanes of at least 4 members (excludes halogenated alkanes) is 1. The van der Waals surface area contributed by atoms with E-state index in [1.807, 2.05) is 4.90 Å². The molecule has 7 heteroatoms. The first-order valence-corrected chi connectivity index (χ1v) is 7.72. The van der Waals surface area contributed by atoms with Gasteiger partial charge in [0.2, 0.25) is 0 Å². The minimum Gasteiger partial charge on any atom is -0.481 e. The number of aryl methyl sites for hydroxylation is 1. The highest BCUT2D eigenvalue weighted by Crippen LogP contribution is 2.24. The Balaban J connectivity index is 1.93. The highest BCUT2D eigenvalue weighted by Gasteiger charge is 2.33. The molecule has 1 fully saturated rings. The molecule has 0 amide bonds. The van der Waals surface area contributed by atoms with Crippen molar-refractivity contribution in [3.05, 3.63) is 16.7 Å². The van der Waals surface area contributed by atoms with Gasteiger partial charge in [-0.2, -0.15) is 0 Å². The largest absolute Gasteiger partial charge is 0.481 e. The van der Waals surface area contributed by atoms with E-state index < -0.39 is 12.1 Å². The number of carbonyl (C=O) groups is 1. The zero-order valence-corrected chi connectivity index (χ0v) is 12.9. The van der Waals surface area contributed by atoms with E-state index in [-0.39, 0.29) is 12.3 Å². The van der Waals surface area contributed by atoms with Crippen molar-refractivity contribution in [2.75, 3.05) is 13.1 Å². The maximum Gasteiger partial charge on any atom is 0.303 e. The normalized spacial score (nSPS) is 22.8. The minimum absolute atomic E-state index is 0.00384. The second-order valence-corrected chi connectivity index (χ2v) is 6.03. The lowest BCUT2D eigenvalue weighted by Gasteiger charge is -2.14. The number of β-amino-alcohol motifs (C(OH)–C–C–N with tert-alkyl or cyclic N) is 1. The van der Waals surface area contributed by atoms with Crippen LogP contribution in [0.3, 0.4) is 0 Å². The Bertz CT molecular complexity index is 492. The van der Waals surface area contributed by atoms with E-state index in [2.05, 4.69) is 16.9 Å². The standard InChI is InChI=1S/C14H22ClN3O3/c1-2-3-4-12-16-10(14(15)17-12)7-18-6-9(5-13(20)21)11(19)8-18/h9,11,19H,2-8H2,1H3,(H,16,17)(H,20,21)/t9-,11-/m1/s1. The second kappa shape index (κ2) is 7.24. The van der Waals surface area contributed by atoms with Gasteiger partial charge in [-0.05, 0) is 6.42 Å². The third-order valence-electron chi connectivity index (χ3n) is 3.85. The average Bonchev–Trinajstić information content (AvgIpc) is 2.91. The number of imidazole rings is 1. The van der Waals surface area contributed by atoms with E-state index in [0.29, 0.717) is 24.8 Å². The number of carboxylic acid groups (broad SMARTS) is 1. The van der Waals surface area contributed by atoms with E-state index in [0.717, 1.165) is 30.8 Å². The Labute approximate surface area is 129 Å². The van der Waals surface area contributed by atoms with E-state index in [1.54, 1.807) is 0 Å². The van der Waals surface area contributed by atoms with Crippen LogP contribution in [0.25, 0.3) is 0 Å². The van der Waals surface area contributed by atoms with E-state index in [9.17, 15) is 9.90 Å². The van der Waals surface area contributed by atoms with E-state index in [1.165, 1.54) is 0 Å². The van der Waals surface area contributed by atoms with Gasteiger partial charge >= 0.3 is 5.97 Å². The van der Waals surface area contributed by atoms with Gasteiger partial charge in [-0.3, -0.25) is 9.69 Å². The molecule has 118 valence electrons. The number of hydrogen-bond donors (Lipinski definition) is 3. The Morgan fingerprint density at radius 1 is 1.52 bits per heavy atom. The van der Waals surface area contributed by atoms with Gasteiger partial charge in [-0.25, -0.2) is 4.98 Å². The lowest BCUT2D eigenvalue weighted by molar-refractivity contribution is -0.138. The fraction of sp³-hybridized carbons (Fsp3) is 0.714. The van der Waals surface area contributed by atoms with Crippen LogP contribution >= 0.6 is 11.6 Å². The number of carboxylic acids is 1. The van der Waals surface area contributed by atoms with Crippen molar-refractivity contribution < 1.29 is 15.0 Å². The molecule has 3 N–H and O–H groups in total. The van der Waals surface area contributed by atoms with Crippen LogP contribution < -0.4 is 0 Å². The van der Waals surface area contributed by atoms with Gasteiger partial charge in [0, 0.05) is 32.0 Å². The molecule has 0 aliphatic carbocycles. The maximum atomic E-state index is 10.8. The van der Waals surface area contributed by atoms with Crippen LogP contribution in [0, 0.1) is 5.92 Å². The molecule has 0 radical (unpaired) electrons. The van der Waals surface area contributed by atoms with Crippen molar-refractivity contribution >= 4 is 17.6 Å². The zero-order valence-electron chi connectivity index (χ0n) is 12.2. The van der Waals surface area contributed by atoms with Gasteiger partial charge in [0.25, 0.3) is 0 Å². The Hall–Kier alpha value is -1.11. The summed E-state index contributed by atoms with van der Waals surface area (Å²) in [5, 5.41) is 19.2. The van der Waals surface area contributed by atoms with Crippen molar-refractivity contribution in [2.24, 2.45) is 5.92 Å². The van der Waals surface area contributed by atoms with Crippen LogP contribution in [0.4, 0.5) is 0 Å². The maximum absolute atomic E-state index is 10.8. The molecule has 0 saturated carbocycles. The summed E-state index contributed by atoms with van der Waals surface area (Å²) >= 11 is 6.13. The molecular weight excluding hydrogens is 294 g/mol.